The summed E-state index contributed by atoms with van der Waals surface area (Å²) in [5.74, 6) is -1.07. The van der Waals surface area contributed by atoms with Gasteiger partial charge in [-0.2, -0.15) is 0 Å². The van der Waals surface area contributed by atoms with Crippen LogP contribution < -0.4 is 15.8 Å². The van der Waals surface area contributed by atoms with E-state index < -0.39 is 17.4 Å². The van der Waals surface area contributed by atoms with Gasteiger partial charge in [0.2, 0.25) is 11.8 Å². The van der Waals surface area contributed by atoms with E-state index in [1.54, 1.807) is 22.8 Å². The van der Waals surface area contributed by atoms with E-state index >= 15 is 0 Å². The maximum absolute atomic E-state index is 14.4. The predicted molar refractivity (Wildman–Crippen MR) is 148 cm³/mol. The fourth-order valence-electron chi connectivity index (χ4n) is 6.80. The minimum atomic E-state index is -1.11. The fourth-order valence-corrected chi connectivity index (χ4v) is 7.19. The highest BCUT2D eigenvalue weighted by Crippen LogP contribution is 2.56. The monoisotopic (exact) mass is 568 g/mol. The van der Waals surface area contributed by atoms with E-state index in [-0.39, 0.29) is 29.3 Å². The van der Waals surface area contributed by atoms with Gasteiger partial charge in [-0.15, -0.1) is 0 Å². The maximum atomic E-state index is 14.4. The molecule has 3 aliphatic rings. The molecule has 190 valence electrons. The molecule has 4 atom stereocenters. The summed E-state index contributed by atoms with van der Waals surface area (Å²) < 4.78 is 2.43. The van der Waals surface area contributed by atoms with Gasteiger partial charge in [0.05, 0.1) is 34.1 Å². The van der Waals surface area contributed by atoms with Crippen LogP contribution in [0, 0.1) is 17.8 Å². The largest absolute Gasteiger partial charge is 0.297 e. The van der Waals surface area contributed by atoms with Crippen molar-refractivity contribution in [1.82, 2.24) is 14.9 Å². The van der Waals surface area contributed by atoms with Crippen LogP contribution in [0.2, 0.25) is 0 Å². The fraction of sp³-hybridized carbons (Fsp3) is 0.267. The molecule has 4 aromatic rings. The lowest BCUT2D eigenvalue weighted by molar-refractivity contribution is -0.123. The van der Waals surface area contributed by atoms with Gasteiger partial charge in [0.25, 0.3) is 5.56 Å². The first-order valence-electron chi connectivity index (χ1n) is 12.9. The van der Waals surface area contributed by atoms with Crippen LogP contribution in [0.15, 0.2) is 82.1 Å². The summed E-state index contributed by atoms with van der Waals surface area (Å²) in [6, 6.07) is 21.9. The summed E-state index contributed by atoms with van der Waals surface area (Å²) in [7, 11) is 0. The molecular weight excluding hydrogens is 544 g/mol. The molecule has 1 N–H and O–H groups in total. The highest BCUT2D eigenvalue weighted by Gasteiger charge is 2.69. The van der Waals surface area contributed by atoms with E-state index in [0.29, 0.717) is 34.5 Å². The van der Waals surface area contributed by atoms with E-state index in [1.807, 2.05) is 54.6 Å². The number of hydrogen-bond donors (Lipinski definition) is 1. The molecule has 3 aromatic carbocycles. The molecule has 0 unspecified atom stereocenters. The molecule has 1 aromatic heterocycles. The Labute approximate surface area is 227 Å². The number of fused-ring (bicyclic) bond motifs is 8. The number of aromatic nitrogens is 2. The summed E-state index contributed by atoms with van der Waals surface area (Å²) in [4.78, 5) is 48.7. The van der Waals surface area contributed by atoms with Crippen molar-refractivity contribution in [1.29, 1.82) is 0 Å². The molecule has 38 heavy (non-hydrogen) atoms. The standard InChI is InChI=1S/C30H25BrN4O3/c1-16(2)14-22-24-25(28(38)34(27(24)37)18-9-7-8-17(31)15-18)30(33-22)20-11-4-6-13-23(20)35-26(36)19-10-3-5-12-21(19)32-29(30)35/h3-13,15-16,22,24-25,33H,14H2,1-2H3/t22-,24+,25-,30-/m1/s1. The predicted octanol–water partition coefficient (Wildman–Crippen LogP) is 4.53. The number of nitrogens with zero attached hydrogens (tertiary/aromatic N) is 3. The maximum Gasteiger partial charge on any atom is 0.266 e. The van der Waals surface area contributed by atoms with Gasteiger partial charge in [-0.3, -0.25) is 24.3 Å². The average Bonchev–Trinajstić information content (AvgIpc) is 3.47. The van der Waals surface area contributed by atoms with Crippen molar-refractivity contribution in [2.24, 2.45) is 17.8 Å². The molecule has 3 aliphatic heterocycles. The third kappa shape index (κ3) is 2.98. The Morgan fingerprint density at radius 3 is 2.53 bits per heavy atom. The van der Waals surface area contributed by atoms with E-state index in [1.165, 1.54) is 4.90 Å². The molecule has 7 nitrogen and oxygen atoms in total. The molecule has 0 aliphatic carbocycles. The molecular formula is C30H25BrN4O3. The first kappa shape index (κ1) is 23.5. The van der Waals surface area contributed by atoms with Crippen LogP contribution in [-0.4, -0.2) is 27.4 Å². The molecule has 8 heteroatoms. The van der Waals surface area contributed by atoms with E-state index in [9.17, 15) is 14.4 Å². The van der Waals surface area contributed by atoms with Crippen LogP contribution in [0.25, 0.3) is 16.6 Å². The Balaban J connectivity index is 1.52. The first-order chi connectivity index (χ1) is 18.3. The van der Waals surface area contributed by atoms with Crippen LogP contribution in [0.3, 0.4) is 0 Å². The topological polar surface area (TPSA) is 84.3 Å². The molecule has 2 saturated heterocycles. The minimum Gasteiger partial charge on any atom is -0.297 e. The Hall–Kier alpha value is -3.62. The zero-order valence-corrected chi connectivity index (χ0v) is 22.5. The SMILES string of the molecule is CC(C)C[C@H]1N[C@]2(c3ccccc3-n3c2nc2ccccc2c3=O)[C@H]2C(=O)N(c3cccc(Br)c3)C(=O)[C@@H]12. The van der Waals surface area contributed by atoms with Crippen LogP contribution in [0.1, 0.15) is 31.7 Å². The average molecular weight is 569 g/mol. The normalized spacial score (nSPS) is 25.5. The quantitative estimate of drug-likeness (QED) is 0.367. The minimum absolute atomic E-state index is 0.179. The van der Waals surface area contributed by atoms with Gasteiger partial charge in [-0.05, 0) is 48.7 Å². The lowest BCUT2D eigenvalue weighted by atomic mass is 9.75. The summed E-state index contributed by atoms with van der Waals surface area (Å²) in [6.45, 7) is 4.23. The number of carbonyl (C=O) groups is 2. The number of hydrogen-bond acceptors (Lipinski definition) is 5. The molecule has 0 saturated carbocycles. The highest BCUT2D eigenvalue weighted by atomic mass is 79.9. The van der Waals surface area contributed by atoms with Crippen molar-refractivity contribution in [3.8, 4) is 5.69 Å². The Morgan fingerprint density at radius 2 is 1.74 bits per heavy atom. The molecule has 2 fully saturated rings. The van der Waals surface area contributed by atoms with Gasteiger partial charge < -0.3 is 0 Å². The van der Waals surface area contributed by atoms with Crippen molar-refractivity contribution in [3.05, 3.63) is 99.0 Å². The molecule has 1 spiro atoms. The third-order valence-electron chi connectivity index (χ3n) is 8.15. The van der Waals surface area contributed by atoms with Gasteiger partial charge >= 0.3 is 0 Å². The number of halogens is 1. The number of rotatable bonds is 3. The molecule has 7 rings (SSSR count). The first-order valence-corrected chi connectivity index (χ1v) is 13.7. The highest BCUT2D eigenvalue weighted by molar-refractivity contribution is 9.10. The van der Waals surface area contributed by atoms with Gasteiger partial charge in [0, 0.05) is 16.1 Å². The van der Waals surface area contributed by atoms with Gasteiger partial charge in [0.15, 0.2) is 0 Å². The van der Waals surface area contributed by atoms with Crippen molar-refractivity contribution in [2.45, 2.75) is 31.8 Å². The van der Waals surface area contributed by atoms with Gasteiger partial charge in [-0.1, -0.05) is 66.2 Å². The second-order valence-corrected chi connectivity index (χ2v) is 11.7. The smallest absolute Gasteiger partial charge is 0.266 e. The van der Waals surface area contributed by atoms with Crippen molar-refractivity contribution in [3.63, 3.8) is 0 Å². The van der Waals surface area contributed by atoms with Crippen LogP contribution in [0.5, 0.6) is 0 Å². The lowest BCUT2D eigenvalue weighted by Gasteiger charge is -2.32. The number of amides is 2. The van der Waals surface area contributed by atoms with Crippen LogP contribution in [-0.2, 0) is 15.1 Å². The summed E-state index contributed by atoms with van der Waals surface area (Å²) >= 11 is 3.48. The molecule has 2 amide bonds. The number of imide groups is 1. The van der Waals surface area contributed by atoms with Gasteiger partial charge in [0.1, 0.15) is 11.4 Å². The summed E-state index contributed by atoms with van der Waals surface area (Å²) in [5, 5.41) is 4.26. The van der Waals surface area contributed by atoms with Crippen molar-refractivity contribution < 1.29 is 9.59 Å². The zero-order chi connectivity index (χ0) is 26.3. The number of nitrogens with one attached hydrogen (secondary N) is 1. The van der Waals surface area contributed by atoms with Gasteiger partial charge in [-0.25, -0.2) is 9.88 Å². The van der Waals surface area contributed by atoms with Crippen molar-refractivity contribution >= 4 is 44.3 Å². The van der Waals surface area contributed by atoms with Crippen LogP contribution in [0.4, 0.5) is 5.69 Å². The number of anilines is 1. The number of carbonyl (C=O) groups excluding carboxylic acids is 2. The number of benzene rings is 3. The molecule has 4 heterocycles. The second-order valence-electron chi connectivity index (χ2n) is 10.8. The Kier molecular flexibility index (Phi) is 5.06. The number of para-hydroxylation sites is 2. The Bertz CT molecular complexity index is 1730. The van der Waals surface area contributed by atoms with E-state index in [2.05, 4.69) is 35.1 Å². The van der Waals surface area contributed by atoms with E-state index in [0.717, 1.165) is 10.0 Å². The second kappa shape index (κ2) is 8.19. The third-order valence-corrected chi connectivity index (χ3v) is 8.65. The summed E-state index contributed by atoms with van der Waals surface area (Å²) in [6.07, 6.45) is 0.703. The van der Waals surface area contributed by atoms with Crippen molar-refractivity contribution in [2.75, 3.05) is 4.90 Å². The van der Waals surface area contributed by atoms with Crippen LogP contribution >= 0.6 is 15.9 Å². The Morgan fingerprint density at radius 1 is 0.974 bits per heavy atom. The summed E-state index contributed by atoms with van der Waals surface area (Å²) in [5.41, 5.74) is 1.32. The van der Waals surface area contributed by atoms with E-state index in [4.69, 9.17) is 4.98 Å². The lowest BCUT2D eigenvalue weighted by Crippen LogP contribution is -2.50. The zero-order valence-electron chi connectivity index (χ0n) is 20.9. The molecule has 0 radical (unpaired) electrons. The molecule has 0 bridgehead atoms.